The molecule has 0 saturated carbocycles. The Bertz CT molecular complexity index is 898. The van der Waals surface area contributed by atoms with Crippen LogP contribution in [0.2, 0.25) is 0 Å². The molecule has 122 valence electrons. The zero-order valence-electron chi connectivity index (χ0n) is 13.8. The van der Waals surface area contributed by atoms with E-state index < -0.39 is 0 Å². The minimum absolute atomic E-state index is 0.0789. The maximum Gasteiger partial charge on any atom is 0.254 e. The highest BCUT2D eigenvalue weighted by atomic mass is 16.2. The van der Waals surface area contributed by atoms with Crippen LogP contribution in [0.4, 0.5) is 0 Å². The Balaban J connectivity index is 1.92. The van der Waals surface area contributed by atoms with Gasteiger partial charge in [0.15, 0.2) is 0 Å². The highest BCUT2D eigenvalue weighted by molar-refractivity contribution is 6.08. The Hall–Kier alpha value is -2.59. The van der Waals surface area contributed by atoms with Gasteiger partial charge in [-0.25, -0.2) is 0 Å². The lowest BCUT2D eigenvalue weighted by molar-refractivity contribution is 0.0793. The number of nitrogens with zero attached hydrogens (tertiary/aromatic N) is 2. The summed E-state index contributed by atoms with van der Waals surface area (Å²) >= 11 is 0. The lowest BCUT2D eigenvalue weighted by Gasteiger charge is -2.20. The zero-order valence-corrected chi connectivity index (χ0v) is 13.8. The molecule has 24 heavy (non-hydrogen) atoms. The van der Waals surface area contributed by atoms with Crippen molar-refractivity contribution in [3.63, 3.8) is 0 Å². The first kappa shape index (κ1) is 15.0. The Morgan fingerprint density at radius 1 is 1.12 bits per heavy atom. The number of benzene rings is 2. The third kappa shape index (κ3) is 2.31. The number of likely N-dealkylation sites (N-methyl/N-ethyl adjacent to an activating group) is 1. The van der Waals surface area contributed by atoms with Gasteiger partial charge in [-0.15, -0.1) is 0 Å². The molecule has 0 spiro atoms. The molecule has 3 aromatic rings. The van der Waals surface area contributed by atoms with E-state index in [0.29, 0.717) is 13.1 Å². The van der Waals surface area contributed by atoms with Crippen molar-refractivity contribution >= 4 is 16.8 Å². The van der Waals surface area contributed by atoms with Gasteiger partial charge in [0.1, 0.15) is 0 Å². The standard InChI is InChI=1S/C20H21N3O/c1-22-12-15(10-21)17-13-23(11-14-6-3-2-4-7-14)18-9-5-8-16(19(17)18)20(22)24/h2-9,13,15H,10-12,21H2,1H3. The van der Waals surface area contributed by atoms with Crippen LogP contribution in [0, 0.1) is 0 Å². The van der Waals surface area contributed by atoms with Crippen molar-refractivity contribution in [1.82, 2.24) is 9.47 Å². The Morgan fingerprint density at radius 2 is 1.92 bits per heavy atom. The number of hydrogen-bond donors (Lipinski definition) is 1. The first-order chi connectivity index (χ1) is 11.7. The van der Waals surface area contributed by atoms with Crippen LogP contribution in [0.5, 0.6) is 0 Å². The fraction of sp³-hybridized carbons (Fsp3) is 0.250. The van der Waals surface area contributed by atoms with Crippen molar-refractivity contribution < 1.29 is 4.79 Å². The van der Waals surface area contributed by atoms with Crippen LogP contribution >= 0.6 is 0 Å². The highest BCUT2D eigenvalue weighted by Gasteiger charge is 2.28. The van der Waals surface area contributed by atoms with E-state index >= 15 is 0 Å². The molecule has 1 amide bonds. The van der Waals surface area contributed by atoms with Crippen LogP contribution < -0.4 is 5.73 Å². The maximum absolute atomic E-state index is 12.7. The molecule has 4 heteroatoms. The monoisotopic (exact) mass is 319 g/mol. The molecule has 2 N–H and O–H groups in total. The Kier molecular flexibility index (Phi) is 3.62. The summed E-state index contributed by atoms with van der Waals surface area (Å²) in [6.45, 7) is 1.99. The first-order valence-electron chi connectivity index (χ1n) is 8.30. The lowest BCUT2D eigenvalue weighted by atomic mass is 9.97. The average Bonchev–Trinajstić information content (AvgIpc) is 2.93. The van der Waals surface area contributed by atoms with Crippen molar-refractivity contribution in [1.29, 1.82) is 0 Å². The zero-order chi connectivity index (χ0) is 16.7. The summed E-state index contributed by atoms with van der Waals surface area (Å²) in [4.78, 5) is 14.5. The Labute approximate surface area is 141 Å². The van der Waals surface area contributed by atoms with E-state index in [4.69, 9.17) is 5.73 Å². The first-order valence-corrected chi connectivity index (χ1v) is 8.30. The quantitative estimate of drug-likeness (QED) is 0.807. The number of rotatable bonds is 3. The van der Waals surface area contributed by atoms with Crippen LogP contribution in [0.25, 0.3) is 10.9 Å². The van der Waals surface area contributed by atoms with E-state index in [-0.39, 0.29) is 11.8 Å². The highest BCUT2D eigenvalue weighted by Crippen LogP contribution is 2.34. The van der Waals surface area contributed by atoms with Crippen LogP contribution in [-0.4, -0.2) is 35.5 Å². The molecule has 1 atom stereocenters. The van der Waals surface area contributed by atoms with Gasteiger partial charge in [0.2, 0.25) is 0 Å². The third-order valence-corrected chi connectivity index (χ3v) is 4.93. The molecule has 2 heterocycles. The van der Waals surface area contributed by atoms with Crippen molar-refractivity contribution in [2.45, 2.75) is 12.5 Å². The van der Waals surface area contributed by atoms with E-state index in [2.05, 4.69) is 41.1 Å². The van der Waals surface area contributed by atoms with E-state index in [1.54, 1.807) is 4.90 Å². The van der Waals surface area contributed by atoms with E-state index in [0.717, 1.165) is 23.0 Å². The van der Waals surface area contributed by atoms with Gasteiger partial charge in [-0.2, -0.15) is 0 Å². The average molecular weight is 319 g/mol. The summed E-state index contributed by atoms with van der Waals surface area (Å²) in [5.74, 6) is 0.248. The molecule has 1 aliphatic heterocycles. The SMILES string of the molecule is CN1CC(CN)c2cn(Cc3ccccc3)c3cccc(c23)C1=O. The fourth-order valence-corrected chi connectivity index (χ4v) is 3.70. The van der Waals surface area contributed by atoms with Crippen LogP contribution in [0.1, 0.15) is 27.4 Å². The largest absolute Gasteiger partial charge is 0.343 e. The molecule has 4 nitrogen and oxygen atoms in total. The van der Waals surface area contributed by atoms with Gasteiger partial charge < -0.3 is 15.2 Å². The number of carbonyl (C=O) groups excluding carboxylic acids is 1. The number of amides is 1. The second-order valence-electron chi connectivity index (χ2n) is 6.52. The molecule has 0 saturated heterocycles. The minimum atomic E-state index is 0.0789. The van der Waals surface area contributed by atoms with Gasteiger partial charge in [-0.05, 0) is 23.3 Å². The van der Waals surface area contributed by atoms with Gasteiger partial charge in [0, 0.05) is 55.3 Å². The second kappa shape index (κ2) is 5.80. The van der Waals surface area contributed by atoms with Gasteiger partial charge in [0.05, 0.1) is 0 Å². The molecule has 0 radical (unpaired) electrons. The molecular formula is C20H21N3O. The van der Waals surface area contributed by atoms with Crippen molar-refractivity contribution in [2.24, 2.45) is 5.73 Å². The van der Waals surface area contributed by atoms with Gasteiger partial charge in [-0.3, -0.25) is 4.79 Å². The van der Waals surface area contributed by atoms with Crippen LogP contribution in [-0.2, 0) is 6.54 Å². The van der Waals surface area contributed by atoms with E-state index in [1.165, 1.54) is 11.1 Å². The smallest absolute Gasteiger partial charge is 0.254 e. The lowest BCUT2D eigenvalue weighted by Crippen LogP contribution is -2.31. The molecular weight excluding hydrogens is 298 g/mol. The number of hydrogen-bond acceptors (Lipinski definition) is 2. The summed E-state index contributed by atoms with van der Waals surface area (Å²) in [6, 6.07) is 16.4. The van der Waals surface area contributed by atoms with Crippen molar-refractivity contribution in [3.8, 4) is 0 Å². The van der Waals surface area contributed by atoms with Crippen molar-refractivity contribution in [2.75, 3.05) is 20.1 Å². The molecule has 4 rings (SSSR count). The predicted molar refractivity (Wildman–Crippen MR) is 96.2 cm³/mol. The number of aromatic nitrogens is 1. The summed E-state index contributed by atoms with van der Waals surface area (Å²) in [6.07, 6.45) is 2.19. The fourth-order valence-electron chi connectivity index (χ4n) is 3.70. The maximum atomic E-state index is 12.7. The summed E-state index contributed by atoms with van der Waals surface area (Å²) in [7, 11) is 1.85. The predicted octanol–water partition coefficient (Wildman–Crippen LogP) is 2.82. The van der Waals surface area contributed by atoms with Gasteiger partial charge >= 0.3 is 0 Å². The van der Waals surface area contributed by atoms with Crippen LogP contribution in [0.15, 0.2) is 54.7 Å². The molecule has 1 aromatic heterocycles. The number of nitrogens with two attached hydrogens (primary N) is 1. The van der Waals surface area contributed by atoms with Crippen LogP contribution in [0.3, 0.4) is 0 Å². The number of carbonyl (C=O) groups is 1. The van der Waals surface area contributed by atoms with Crippen molar-refractivity contribution in [3.05, 3.63) is 71.4 Å². The summed E-state index contributed by atoms with van der Waals surface area (Å²) < 4.78 is 2.24. The van der Waals surface area contributed by atoms with E-state index in [1.807, 2.05) is 25.2 Å². The van der Waals surface area contributed by atoms with Gasteiger partial charge in [-0.1, -0.05) is 36.4 Å². The summed E-state index contributed by atoms with van der Waals surface area (Å²) in [5.41, 5.74) is 10.4. The summed E-state index contributed by atoms with van der Waals surface area (Å²) in [5, 5.41) is 1.07. The Morgan fingerprint density at radius 3 is 2.67 bits per heavy atom. The molecule has 1 unspecified atom stereocenters. The normalized spacial score (nSPS) is 17.3. The molecule has 1 aliphatic rings. The molecule has 0 bridgehead atoms. The van der Waals surface area contributed by atoms with Gasteiger partial charge in [0.25, 0.3) is 5.91 Å². The minimum Gasteiger partial charge on any atom is -0.343 e. The molecule has 2 aromatic carbocycles. The molecule has 0 fully saturated rings. The topological polar surface area (TPSA) is 51.3 Å². The second-order valence-corrected chi connectivity index (χ2v) is 6.52. The van der Waals surface area contributed by atoms with E-state index in [9.17, 15) is 4.79 Å². The third-order valence-electron chi connectivity index (χ3n) is 4.93. The molecule has 0 aliphatic carbocycles.